The number of carbonyl (C=O) groups is 1. The molecule has 1 amide bonds. The van der Waals surface area contributed by atoms with Crippen molar-refractivity contribution in [2.75, 3.05) is 11.1 Å². The molecule has 0 spiro atoms. The number of amides is 1. The molecule has 1 aromatic heterocycles. The van der Waals surface area contributed by atoms with Crippen molar-refractivity contribution in [2.24, 2.45) is 0 Å². The van der Waals surface area contributed by atoms with E-state index in [2.05, 4.69) is 15.5 Å². The van der Waals surface area contributed by atoms with E-state index in [-0.39, 0.29) is 5.91 Å². The van der Waals surface area contributed by atoms with E-state index >= 15 is 0 Å². The summed E-state index contributed by atoms with van der Waals surface area (Å²) in [7, 11) is 0. The largest absolute Gasteiger partial charge is 0.338 e. The zero-order valence-corrected chi connectivity index (χ0v) is 15.9. The van der Waals surface area contributed by atoms with E-state index in [1.807, 2.05) is 63.2 Å². The lowest BCUT2D eigenvalue weighted by Gasteiger charge is -2.08. The highest BCUT2D eigenvalue weighted by atomic mass is 32.2. The number of anilines is 1. The summed E-state index contributed by atoms with van der Waals surface area (Å²) in [6.07, 6.45) is 0. The third-order valence-electron chi connectivity index (χ3n) is 3.97. The molecule has 5 nitrogen and oxygen atoms in total. The molecule has 0 saturated heterocycles. The number of nitrogens with zero attached hydrogens (tertiary/aromatic N) is 2. The number of benzene rings is 2. The lowest BCUT2D eigenvalue weighted by Crippen LogP contribution is -2.15. The summed E-state index contributed by atoms with van der Waals surface area (Å²) < 4.78 is 5.29. The maximum absolute atomic E-state index is 12.1. The summed E-state index contributed by atoms with van der Waals surface area (Å²) in [6, 6.07) is 13.9. The first-order valence-electron chi connectivity index (χ1n) is 8.36. The van der Waals surface area contributed by atoms with Crippen LogP contribution in [0.1, 0.15) is 22.6 Å². The maximum atomic E-state index is 12.1. The minimum absolute atomic E-state index is 0.0411. The van der Waals surface area contributed by atoms with Gasteiger partial charge in [-0.05, 0) is 38.0 Å². The molecule has 6 heteroatoms. The van der Waals surface area contributed by atoms with Gasteiger partial charge in [0.2, 0.25) is 17.6 Å². The molecule has 3 aromatic rings. The SMILES string of the molecule is Cc1ccc(NC(=O)CSCc2nc(-c3ccccc3C)no2)c(C)c1. The summed E-state index contributed by atoms with van der Waals surface area (Å²) in [5.74, 6) is 1.89. The molecule has 0 saturated carbocycles. The minimum Gasteiger partial charge on any atom is -0.338 e. The van der Waals surface area contributed by atoms with E-state index in [9.17, 15) is 4.79 Å². The van der Waals surface area contributed by atoms with Crippen molar-refractivity contribution in [3.8, 4) is 11.4 Å². The number of aryl methyl sites for hydroxylation is 3. The van der Waals surface area contributed by atoms with Crippen molar-refractivity contribution in [3.63, 3.8) is 0 Å². The summed E-state index contributed by atoms with van der Waals surface area (Å²) in [5, 5.41) is 6.97. The Kier molecular flexibility index (Phi) is 5.73. The highest BCUT2D eigenvalue weighted by Crippen LogP contribution is 2.21. The van der Waals surface area contributed by atoms with Crippen LogP contribution in [0.5, 0.6) is 0 Å². The Morgan fingerprint density at radius 2 is 1.92 bits per heavy atom. The molecule has 0 fully saturated rings. The number of rotatable bonds is 6. The smallest absolute Gasteiger partial charge is 0.236 e. The van der Waals surface area contributed by atoms with Gasteiger partial charge in [0.1, 0.15) is 0 Å². The second-order valence-electron chi connectivity index (χ2n) is 6.19. The van der Waals surface area contributed by atoms with Gasteiger partial charge in [0.05, 0.1) is 11.5 Å². The zero-order chi connectivity index (χ0) is 18.5. The molecule has 26 heavy (non-hydrogen) atoms. The Morgan fingerprint density at radius 1 is 1.12 bits per heavy atom. The van der Waals surface area contributed by atoms with Crippen molar-refractivity contribution in [2.45, 2.75) is 26.5 Å². The molecule has 0 atom stereocenters. The molecule has 0 radical (unpaired) electrons. The zero-order valence-electron chi connectivity index (χ0n) is 15.1. The average Bonchev–Trinajstić information content (AvgIpc) is 3.06. The number of hydrogen-bond acceptors (Lipinski definition) is 5. The fourth-order valence-electron chi connectivity index (χ4n) is 2.62. The van der Waals surface area contributed by atoms with Gasteiger partial charge in [-0.25, -0.2) is 0 Å². The van der Waals surface area contributed by atoms with Crippen LogP contribution >= 0.6 is 11.8 Å². The molecule has 0 unspecified atom stereocenters. The molecular formula is C20H21N3O2S. The molecule has 1 N–H and O–H groups in total. The molecule has 2 aromatic carbocycles. The highest BCUT2D eigenvalue weighted by molar-refractivity contribution is 7.99. The van der Waals surface area contributed by atoms with E-state index in [1.54, 1.807) is 0 Å². The second kappa shape index (κ2) is 8.19. The lowest BCUT2D eigenvalue weighted by atomic mass is 10.1. The molecule has 0 aliphatic heterocycles. The van der Waals surface area contributed by atoms with E-state index in [0.717, 1.165) is 22.4 Å². The quantitative estimate of drug-likeness (QED) is 0.693. The summed E-state index contributed by atoms with van der Waals surface area (Å²) >= 11 is 1.45. The molecular weight excluding hydrogens is 346 g/mol. The van der Waals surface area contributed by atoms with Gasteiger partial charge in [0.15, 0.2) is 0 Å². The fraction of sp³-hybridized carbons (Fsp3) is 0.250. The van der Waals surface area contributed by atoms with Crippen LogP contribution < -0.4 is 5.32 Å². The normalized spacial score (nSPS) is 10.7. The van der Waals surface area contributed by atoms with Crippen LogP contribution in [0.15, 0.2) is 47.0 Å². The summed E-state index contributed by atoms with van der Waals surface area (Å²) in [6.45, 7) is 6.03. The van der Waals surface area contributed by atoms with Gasteiger partial charge in [-0.1, -0.05) is 47.1 Å². The van der Waals surface area contributed by atoms with E-state index in [1.165, 1.54) is 17.3 Å². The lowest BCUT2D eigenvalue weighted by molar-refractivity contribution is -0.113. The first-order chi connectivity index (χ1) is 12.5. The van der Waals surface area contributed by atoms with Gasteiger partial charge in [-0.3, -0.25) is 4.79 Å². The molecule has 1 heterocycles. The van der Waals surface area contributed by atoms with E-state index in [0.29, 0.717) is 23.2 Å². The second-order valence-corrected chi connectivity index (χ2v) is 7.17. The number of aromatic nitrogens is 2. The Labute approximate surface area is 157 Å². The predicted molar refractivity (Wildman–Crippen MR) is 105 cm³/mol. The molecule has 0 bridgehead atoms. The first kappa shape index (κ1) is 18.2. The van der Waals surface area contributed by atoms with Crippen molar-refractivity contribution >= 4 is 23.4 Å². The number of thioether (sulfide) groups is 1. The standard InChI is InChI=1S/C20H21N3O2S/c1-13-8-9-17(15(3)10-13)21-18(24)11-26-12-19-22-20(23-25-19)16-7-5-4-6-14(16)2/h4-10H,11-12H2,1-3H3,(H,21,24). The molecule has 3 rings (SSSR count). The van der Waals surface area contributed by atoms with Crippen LogP contribution in [0.25, 0.3) is 11.4 Å². The predicted octanol–water partition coefficient (Wildman–Crippen LogP) is 4.53. The van der Waals surface area contributed by atoms with E-state index in [4.69, 9.17) is 4.52 Å². The Morgan fingerprint density at radius 3 is 2.69 bits per heavy atom. The summed E-state index contributed by atoms with van der Waals surface area (Å²) in [4.78, 5) is 16.5. The summed E-state index contributed by atoms with van der Waals surface area (Å²) in [5.41, 5.74) is 5.14. The van der Waals surface area contributed by atoms with Crippen molar-refractivity contribution in [1.82, 2.24) is 10.1 Å². The van der Waals surface area contributed by atoms with Crippen LogP contribution in [0.2, 0.25) is 0 Å². The monoisotopic (exact) mass is 367 g/mol. The van der Waals surface area contributed by atoms with Crippen molar-refractivity contribution in [3.05, 3.63) is 65.0 Å². The first-order valence-corrected chi connectivity index (χ1v) is 9.52. The van der Waals surface area contributed by atoms with Crippen LogP contribution in [-0.4, -0.2) is 21.8 Å². The highest BCUT2D eigenvalue weighted by Gasteiger charge is 2.11. The van der Waals surface area contributed by atoms with Crippen molar-refractivity contribution < 1.29 is 9.32 Å². The number of nitrogens with one attached hydrogen (secondary N) is 1. The fourth-order valence-corrected chi connectivity index (χ4v) is 3.27. The van der Waals surface area contributed by atoms with Gasteiger partial charge in [0.25, 0.3) is 0 Å². The van der Waals surface area contributed by atoms with Gasteiger partial charge in [-0.2, -0.15) is 4.98 Å². The Balaban J connectivity index is 1.52. The molecule has 0 aliphatic rings. The number of carbonyl (C=O) groups excluding carboxylic acids is 1. The minimum atomic E-state index is -0.0411. The third kappa shape index (κ3) is 4.52. The van der Waals surface area contributed by atoms with Gasteiger partial charge < -0.3 is 9.84 Å². The van der Waals surface area contributed by atoms with Crippen LogP contribution in [0.3, 0.4) is 0 Å². The topological polar surface area (TPSA) is 68.0 Å². The molecule has 0 aliphatic carbocycles. The Hall–Kier alpha value is -2.60. The average molecular weight is 367 g/mol. The maximum Gasteiger partial charge on any atom is 0.236 e. The third-order valence-corrected chi connectivity index (χ3v) is 4.89. The van der Waals surface area contributed by atoms with Gasteiger partial charge in [-0.15, -0.1) is 11.8 Å². The molecule has 134 valence electrons. The van der Waals surface area contributed by atoms with Gasteiger partial charge >= 0.3 is 0 Å². The number of hydrogen-bond donors (Lipinski definition) is 1. The Bertz CT molecular complexity index is 921. The van der Waals surface area contributed by atoms with Crippen LogP contribution in [-0.2, 0) is 10.5 Å². The van der Waals surface area contributed by atoms with E-state index < -0.39 is 0 Å². The van der Waals surface area contributed by atoms with Gasteiger partial charge in [0, 0.05) is 11.3 Å². The van der Waals surface area contributed by atoms with Crippen molar-refractivity contribution in [1.29, 1.82) is 0 Å². The van der Waals surface area contributed by atoms with Crippen LogP contribution in [0, 0.1) is 20.8 Å². The van der Waals surface area contributed by atoms with Crippen LogP contribution in [0.4, 0.5) is 5.69 Å².